The van der Waals surface area contributed by atoms with Crippen molar-refractivity contribution in [3.8, 4) is 11.5 Å². The van der Waals surface area contributed by atoms with Gasteiger partial charge in [0.2, 0.25) is 0 Å². The Morgan fingerprint density at radius 1 is 1.10 bits per heavy atom. The van der Waals surface area contributed by atoms with Crippen LogP contribution in [0.1, 0.15) is 17.2 Å². The molecule has 0 radical (unpaired) electrons. The van der Waals surface area contributed by atoms with E-state index in [9.17, 15) is 4.39 Å². The second-order valence-corrected chi connectivity index (χ2v) is 5.12. The molecule has 2 aromatic rings. The molecule has 0 heterocycles. The van der Waals surface area contributed by atoms with E-state index in [-0.39, 0.29) is 5.82 Å². The quantitative estimate of drug-likeness (QED) is 0.924. The van der Waals surface area contributed by atoms with Gasteiger partial charge in [0, 0.05) is 4.47 Å². The number of benzene rings is 2. The van der Waals surface area contributed by atoms with Gasteiger partial charge < -0.3 is 15.2 Å². The minimum atomic E-state index is -0.458. The molecule has 0 bridgehead atoms. The highest BCUT2D eigenvalue weighted by Gasteiger charge is 2.17. The predicted molar refractivity (Wildman–Crippen MR) is 79.7 cm³/mol. The van der Waals surface area contributed by atoms with Crippen molar-refractivity contribution in [2.24, 2.45) is 5.73 Å². The number of halogens is 2. The number of hydrogen-bond acceptors (Lipinski definition) is 3. The van der Waals surface area contributed by atoms with Gasteiger partial charge in [-0.25, -0.2) is 4.39 Å². The molecule has 0 aliphatic rings. The average Bonchev–Trinajstić information content (AvgIpc) is 2.46. The molecule has 1 atom stereocenters. The number of nitrogens with two attached hydrogens (primary N) is 1. The third-order valence-electron chi connectivity index (χ3n) is 3.05. The molecule has 20 heavy (non-hydrogen) atoms. The zero-order valence-electron chi connectivity index (χ0n) is 11.2. The monoisotopic (exact) mass is 339 g/mol. The number of hydrogen-bond donors (Lipinski definition) is 1. The number of ether oxygens (including phenoxy) is 2. The lowest BCUT2D eigenvalue weighted by atomic mass is 9.99. The Balaban J connectivity index is 2.46. The van der Waals surface area contributed by atoms with Crippen molar-refractivity contribution >= 4 is 15.9 Å². The summed E-state index contributed by atoms with van der Waals surface area (Å²) in [5.74, 6) is 0.877. The molecule has 0 spiro atoms. The third kappa shape index (κ3) is 2.94. The van der Waals surface area contributed by atoms with Gasteiger partial charge in [-0.2, -0.15) is 0 Å². The normalized spacial score (nSPS) is 12.1. The van der Waals surface area contributed by atoms with Gasteiger partial charge >= 0.3 is 0 Å². The van der Waals surface area contributed by atoms with E-state index >= 15 is 0 Å². The van der Waals surface area contributed by atoms with E-state index in [1.54, 1.807) is 38.5 Å². The van der Waals surface area contributed by atoms with Crippen LogP contribution in [0, 0.1) is 5.82 Å². The Morgan fingerprint density at radius 2 is 1.75 bits per heavy atom. The van der Waals surface area contributed by atoms with Crippen LogP contribution in [-0.2, 0) is 0 Å². The highest BCUT2D eigenvalue weighted by atomic mass is 79.9. The highest BCUT2D eigenvalue weighted by molar-refractivity contribution is 9.10. The summed E-state index contributed by atoms with van der Waals surface area (Å²) >= 11 is 3.46. The molecule has 106 valence electrons. The molecule has 0 saturated carbocycles. The molecule has 1 unspecified atom stereocenters. The summed E-state index contributed by atoms with van der Waals surface area (Å²) in [6.45, 7) is 0. The summed E-state index contributed by atoms with van der Waals surface area (Å²) in [6.07, 6.45) is 0. The Hall–Kier alpha value is -1.59. The zero-order chi connectivity index (χ0) is 14.7. The minimum absolute atomic E-state index is 0.311. The molecule has 0 aliphatic carbocycles. The Morgan fingerprint density at radius 3 is 2.35 bits per heavy atom. The lowest BCUT2D eigenvalue weighted by Crippen LogP contribution is -2.13. The van der Waals surface area contributed by atoms with Crippen molar-refractivity contribution < 1.29 is 13.9 Å². The molecule has 0 amide bonds. The molecule has 5 heteroatoms. The maximum atomic E-state index is 13.3. The van der Waals surface area contributed by atoms with Gasteiger partial charge in [0.25, 0.3) is 0 Å². The first-order valence-corrected chi connectivity index (χ1v) is 6.78. The zero-order valence-corrected chi connectivity index (χ0v) is 12.8. The van der Waals surface area contributed by atoms with Crippen molar-refractivity contribution in [1.29, 1.82) is 0 Å². The molecule has 2 rings (SSSR count). The van der Waals surface area contributed by atoms with E-state index < -0.39 is 6.04 Å². The van der Waals surface area contributed by atoms with Crippen LogP contribution in [-0.4, -0.2) is 14.2 Å². The molecule has 2 N–H and O–H groups in total. The largest absolute Gasteiger partial charge is 0.493 e. The third-order valence-corrected chi connectivity index (χ3v) is 3.73. The van der Waals surface area contributed by atoms with E-state index in [0.29, 0.717) is 17.1 Å². The van der Waals surface area contributed by atoms with Gasteiger partial charge in [-0.3, -0.25) is 0 Å². The Bertz CT molecular complexity index is 619. The number of rotatable bonds is 4. The van der Waals surface area contributed by atoms with Gasteiger partial charge in [-0.15, -0.1) is 0 Å². The lowest BCUT2D eigenvalue weighted by Gasteiger charge is -2.17. The fourth-order valence-electron chi connectivity index (χ4n) is 1.99. The van der Waals surface area contributed by atoms with Crippen molar-refractivity contribution in [2.45, 2.75) is 6.04 Å². The van der Waals surface area contributed by atoms with Crippen LogP contribution < -0.4 is 15.2 Å². The van der Waals surface area contributed by atoms with Crippen LogP contribution in [0.15, 0.2) is 40.9 Å². The maximum absolute atomic E-state index is 13.3. The van der Waals surface area contributed by atoms with Crippen LogP contribution in [0.4, 0.5) is 4.39 Å². The molecular formula is C15H15BrFNO2. The summed E-state index contributed by atoms with van der Waals surface area (Å²) in [5, 5.41) is 0. The second-order valence-electron chi connectivity index (χ2n) is 4.26. The van der Waals surface area contributed by atoms with Crippen molar-refractivity contribution in [3.05, 3.63) is 57.8 Å². The summed E-state index contributed by atoms with van der Waals surface area (Å²) in [5.41, 5.74) is 7.70. The predicted octanol–water partition coefficient (Wildman–Crippen LogP) is 3.65. The van der Waals surface area contributed by atoms with Crippen LogP contribution >= 0.6 is 15.9 Å². The van der Waals surface area contributed by atoms with Gasteiger partial charge in [-0.1, -0.05) is 28.1 Å². The topological polar surface area (TPSA) is 44.5 Å². The SMILES string of the molecule is COc1cc(Br)c(C(N)c2cccc(F)c2)cc1OC. The number of methoxy groups -OCH3 is 2. The Kier molecular flexibility index (Phi) is 4.62. The van der Waals surface area contributed by atoms with Gasteiger partial charge in [-0.05, 0) is 35.4 Å². The van der Waals surface area contributed by atoms with E-state index in [1.807, 2.05) is 0 Å². The summed E-state index contributed by atoms with van der Waals surface area (Å²) in [7, 11) is 3.12. The Labute approximate surface area is 125 Å². The van der Waals surface area contributed by atoms with Gasteiger partial charge in [0.1, 0.15) is 5.82 Å². The molecular weight excluding hydrogens is 325 g/mol. The first-order valence-electron chi connectivity index (χ1n) is 5.99. The molecule has 0 saturated heterocycles. The van der Waals surface area contributed by atoms with Crippen molar-refractivity contribution in [2.75, 3.05) is 14.2 Å². The van der Waals surface area contributed by atoms with Crippen LogP contribution in [0.25, 0.3) is 0 Å². The van der Waals surface area contributed by atoms with Crippen molar-refractivity contribution in [1.82, 2.24) is 0 Å². The molecule has 3 nitrogen and oxygen atoms in total. The lowest BCUT2D eigenvalue weighted by molar-refractivity contribution is 0.354. The molecule has 0 fully saturated rings. The van der Waals surface area contributed by atoms with E-state index in [0.717, 1.165) is 10.0 Å². The average molecular weight is 340 g/mol. The van der Waals surface area contributed by atoms with Crippen LogP contribution in [0.5, 0.6) is 11.5 Å². The minimum Gasteiger partial charge on any atom is -0.493 e. The summed E-state index contributed by atoms with van der Waals surface area (Å²) in [4.78, 5) is 0. The summed E-state index contributed by atoms with van der Waals surface area (Å²) < 4.78 is 24.6. The summed E-state index contributed by atoms with van der Waals surface area (Å²) in [6, 6.07) is 9.36. The van der Waals surface area contributed by atoms with E-state index in [4.69, 9.17) is 15.2 Å². The second kappa shape index (κ2) is 6.24. The fraction of sp³-hybridized carbons (Fsp3) is 0.200. The maximum Gasteiger partial charge on any atom is 0.161 e. The van der Waals surface area contributed by atoms with Gasteiger partial charge in [0.05, 0.1) is 20.3 Å². The van der Waals surface area contributed by atoms with E-state index in [1.165, 1.54) is 12.1 Å². The first-order chi connectivity index (χ1) is 9.56. The van der Waals surface area contributed by atoms with Crippen LogP contribution in [0.3, 0.4) is 0 Å². The highest BCUT2D eigenvalue weighted by Crippen LogP contribution is 2.37. The first kappa shape index (κ1) is 14.8. The standard InChI is InChI=1S/C15H15BrFNO2/c1-19-13-7-11(12(16)8-14(13)20-2)15(18)9-4-3-5-10(17)6-9/h3-8,15H,18H2,1-2H3. The van der Waals surface area contributed by atoms with Gasteiger partial charge in [0.15, 0.2) is 11.5 Å². The fourth-order valence-corrected chi connectivity index (χ4v) is 2.56. The molecule has 0 aliphatic heterocycles. The molecule has 2 aromatic carbocycles. The smallest absolute Gasteiger partial charge is 0.161 e. The van der Waals surface area contributed by atoms with Crippen LogP contribution in [0.2, 0.25) is 0 Å². The molecule has 0 aromatic heterocycles. The van der Waals surface area contributed by atoms with Crippen molar-refractivity contribution in [3.63, 3.8) is 0 Å². The van der Waals surface area contributed by atoms with E-state index in [2.05, 4.69) is 15.9 Å².